The Hall–Kier alpha value is -4.05. The van der Waals surface area contributed by atoms with Crippen LogP contribution in [0.3, 0.4) is 0 Å². The molecule has 2 heterocycles. The van der Waals surface area contributed by atoms with Crippen LogP contribution in [0.25, 0.3) is 11.8 Å². The molecule has 220 valence electrons. The van der Waals surface area contributed by atoms with Crippen LogP contribution in [-0.4, -0.2) is 17.1 Å². The van der Waals surface area contributed by atoms with Gasteiger partial charge in [-0.3, -0.25) is 9.36 Å². The van der Waals surface area contributed by atoms with E-state index in [1.54, 1.807) is 11.5 Å². The molecule has 0 aliphatic carbocycles. The molecule has 0 bridgehead atoms. The maximum Gasteiger partial charge on any atom is 0.338 e. The Kier molecular flexibility index (Phi) is 9.07. The highest BCUT2D eigenvalue weighted by Crippen LogP contribution is 2.36. The minimum absolute atomic E-state index is 0.194. The van der Waals surface area contributed by atoms with E-state index in [1.807, 2.05) is 109 Å². The number of ether oxygens (including phenoxy) is 2. The summed E-state index contributed by atoms with van der Waals surface area (Å²) < 4.78 is 15.4. The summed E-state index contributed by atoms with van der Waals surface area (Å²) in [6, 6.07) is 32.0. The first-order valence-corrected chi connectivity index (χ1v) is 16.3. The number of halogens is 2. The second-order valence-electron chi connectivity index (χ2n) is 9.92. The lowest BCUT2D eigenvalue weighted by Crippen LogP contribution is -2.40. The number of aromatic nitrogens is 1. The van der Waals surface area contributed by atoms with Gasteiger partial charge in [-0.1, -0.05) is 118 Å². The van der Waals surface area contributed by atoms with Gasteiger partial charge in [0.05, 0.1) is 32.9 Å². The average Bonchev–Trinajstić information content (AvgIpc) is 3.35. The highest BCUT2D eigenvalue weighted by atomic mass is 79.9. The van der Waals surface area contributed by atoms with Gasteiger partial charge >= 0.3 is 5.97 Å². The third kappa shape index (κ3) is 6.13. The highest BCUT2D eigenvalue weighted by molar-refractivity contribution is 9.11. The van der Waals surface area contributed by atoms with Crippen LogP contribution in [-0.2, 0) is 16.1 Å². The van der Waals surface area contributed by atoms with Gasteiger partial charge in [-0.05, 0) is 52.2 Å². The van der Waals surface area contributed by atoms with E-state index < -0.39 is 12.0 Å². The number of thiazole rings is 1. The Bertz CT molecular complexity index is 2040. The summed E-state index contributed by atoms with van der Waals surface area (Å²) in [5, 5.41) is 0. The van der Waals surface area contributed by atoms with Gasteiger partial charge in [0.2, 0.25) is 0 Å². The van der Waals surface area contributed by atoms with Crippen molar-refractivity contribution in [2.75, 3.05) is 6.61 Å². The van der Waals surface area contributed by atoms with Crippen molar-refractivity contribution in [2.24, 2.45) is 4.99 Å². The molecule has 6 rings (SSSR count). The third-order valence-electron chi connectivity index (χ3n) is 7.04. The van der Waals surface area contributed by atoms with E-state index in [0.29, 0.717) is 33.0 Å². The molecule has 5 aromatic rings. The van der Waals surface area contributed by atoms with E-state index >= 15 is 0 Å². The molecule has 4 aromatic carbocycles. The van der Waals surface area contributed by atoms with Gasteiger partial charge in [0.1, 0.15) is 12.4 Å². The number of hydrogen-bond donors (Lipinski definition) is 0. The van der Waals surface area contributed by atoms with Gasteiger partial charge in [0, 0.05) is 15.6 Å². The highest BCUT2D eigenvalue weighted by Gasteiger charge is 2.35. The summed E-state index contributed by atoms with van der Waals surface area (Å²) in [5.74, 6) is 0.102. The van der Waals surface area contributed by atoms with E-state index in [-0.39, 0.29) is 12.2 Å². The molecule has 0 amide bonds. The maximum absolute atomic E-state index is 14.3. The molecule has 0 radical (unpaired) electrons. The number of benzene rings is 4. The molecular formula is C35H26Br2N2O4S. The van der Waals surface area contributed by atoms with Crippen LogP contribution in [0, 0.1) is 0 Å². The Balaban J connectivity index is 1.56. The molecule has 44 heavy (non-hydrogen) atoms. The fourth-order valence-corrected chi connectivity index (χ4v) is 7.47. The first-order valence-electron chi connectivity index (χ1n) is 13.9. The quantitative estimate of drug-likeness (QED) is 0.161. The number of fused-ring (bicyclic) bond motifs is 1. The molecule has 0 N–H and O–H groups in total. The molecule has 0 spiro atoms. The van der Waals surface area contributed by atoms with Crippen LogP contribution >= 0.6 is 43.2 Å². The monoisotopic (exact) mass is 728 g/mol. The van der Waals surface area contributed by atoms with Crippen molar-refractivity contribution in [2.45, 2.75) is 19.6 Å². The number of carbonyl (C=O) groups excluding carboxylic acids is 1. The molecule has 1 aromatic heterocycles. The largest absolute Gasteiger partial charge is 0.487 e. The van der Waals surface area contributed by atoms with Crippen molar-refractivity contribution in [1.29, 1.82) is 0 Å². The summed E-state index contributed by atoms with van der Waals surface area (Å²) in [6.45, 7) is 2.32. The Morgan fingerprint density at radius 2 is 1.61 bits per heavy atom. The standard InChI is InChI=1S/C35H26Br2N2O4S/c1-2-42-34(41)29-30(23-14-8-4-9-15-23)38-35-39(31(29)24-16-10-5-11-17-24)33(40)28(44-35)19-25-18-26(36)20-27(37)32(25)43-21-22-12-6-3-7-13-22/h3-20,31H,2,21H2,1H3/b28-19-/t31-/m0/s1. The number of hydrogen-bond acceptors (Lipinski definition) is 6. The summed E-state index contributed by atoms with van der Waals surface area (Å²) >= 11 is 8.50. The third-order valence-corrected chi connectivity index (χ3v) is 9.07. The predicted octanol–water partition coefficient (Wildman–Crippen LogP) is 7.04. The van der Waals surface area contributed by atoms with Crippen molar-refractivity contribution >= 4 is 60.9 Å². The molecule has 0 unspecified atom stereocenters. The molecule has 6 nitrogen and oxygen atoms in total. The van der Waals surface area contributed by atoms with Crippen LogP contribution in [0.1, 0.15) is 35.2 Å². The van der Waals surface area contributed by atoms with Gasteiger partial charge in [0.25, 0.3) is 5.56 Å². The smallest absolute Gasteiger partial charge is 0.338 e. The minimum Gasteiger partial charge on any atom is -0.487 e. The minimum atomic E-state index is -0.730. The Morgan fingerprint density at radius 3 is 2.30 bits per heavy atom. The zero-order valence-corrected chi connectivity index (χ0v) is 27.6. The van der Waals surface area contributed by atoms with Crippen molar-refractivity contribution < 1.29 is 14.3 Å². The second kappa shape index (κ2) is 13.3. The molecule has 1 aliphatic rings. The molecule has 0 saturated heterocycles. The molecule has 0 saturated carbocycles. The fraction of sp³-hybridized carbons (Fsp3) is 0.114. The van der Waals surface area contributed by atoms with E-state index in [0.717, 1.165) is 31.2 Å². The second-order valence-corrected chi connectivity index (χ2v) is 12.7. The van der Waals surface area contributed by atoms with Crippen LogP contribution in [0.2, 0.25) is 0 Å². The maximum atomic E-state index is 14.3. The van der Waals surface area contributed by atoms with Crippen LogP contribution in [0.5, 0.6) is 5.75 Å². The van der Waals surface area contributed by atoms with Gasteiger partial charge < -0.3 is 9.47 Å². The fourth-order valence-electron chi connectivity index (χ4n) is 5.10. The number of nitrogens with zero attached hydrogens (tertiary/aromatic N) is 2. The van der Waals surface area contributed by atoms with Crippen LogP contribution in [0.4, 0.5) is 0 Å². The van der Waals surface area contributed by atoms with Crippen molar-refractivity contribution in [3.63, 3.8) is 0 Å². The Morgan fingerprint density at radius 1 is 0.955 bits per heavy atom. The summed E-state index contributed by atoms with van der Waals surface area (Å²) in [5.41, 5.74) is 3.84. The Labute approximate surface area is 274 Å². The van der Waals surface area contributed by atoms with Crippen LogP contribution < -0.4 is 19.6 Å². The first kappa shape index (κ1) is 30.0. The van der Waals surface area contributed by atoms with E-state index in [2.05, 4.69) is 31.9 Å². The predicted molar refractivity (Wildman–Crippen MR) is 180 cm³/mol. The van der Waals surface area contributed by atoms with Crippen molar-refractivity contribution in [3.05, 3.63) is 160 Å². The lowest BCUT2D eigenvalue weighted by Gasteiger charge is -2.25. The van der Waals surface area contributed by atoms with Crippen LogP contribution in [0.15, 0.2) is 127 Å². The lowest BCUT2D eigenvalue weighted by atomic mass is 9.93. The summed E-state index contributed by atoms with van der Waals surface area (Å²) in [7, 11) is 0. The zero-order valence-electron chi connectivity index (χ0n) is 23.6. The normalized spacial score (nSPS) is 14.6. The lowest BCUT2D eigenvalue weighted by molar-refractivity contribution is -0.138. The summed E-state index contributed by atoms with van der Waals surface area (Å²) in [4.78, 5) is 33.3. The molecule has 1 aliphatic heterocycles. The van der Waals surface area contributed by atoms with Gasteiger partial charge in [0.15, 0.2) is 4.80 Å². The van der Waals surface area contributed by atoms with Gasteiger partial charge in [-0.2, -0.15) is 0 Å². The number of carbonyl (C=O) groups is 1. The topological polar surface area (TPSA) is 69.9 Å². The van der Waals surface area contributed by atoms with Gasteiger partial charge in [-0.25, -0.2) is 9.79 Å². The molecule has 1 atom stereocenters. The van der Waals surface area contributed by atoms with E-state index in [1.165, 1.54) is 11.3 Å². The zero-order chi connectivity index (χ0) is 30.6. The van der Waals surface area contributed by atoms with E-state index in [9.17, 15) is 9.59 Å². The number of esters is 1. The van der Waals surface area contributed by atoms with E-state index in [4.69, 9.17) is 14.5 Å². The molecular weight excluding hydrogens is 704 g/mol. The average molecular weight is 730 g/mol. The molecule has 9 heteroatoms. The number of rotatable bonds is 8. The van der Waals surface area contributed by atoms with Crippen molar-refractivity contribution in [1.82, 2.24) is 4.57 Å². The summed E-state index contributed by atoms with van der Waals surface area (Å²) in [6.07, 6.45) is 1.82. The van der Waals surface area contributed by atoms with Crippen molar-refractivity contribution in [3.8, 4) is 5.75 Å². The molecule has 0 fully saturated rings. The SMILES string of the molecule is CCOC(=O)C1=C(c2ccccc2)N=c2s/c(=C\c3cc(Br)cc(Br)c3OCc3ccccc3)c(=O)n2[C@H]1c1ccccc1. The van der Waals surface area contributed by atoms with Gasteiger partial charge in [-0.15, -0.1) is 0 Å². The first-order chi connectivity index (χ1) is 21.4.